The molecular weight excluding hydrogens is 248 g/mol. The van der Waals surface area contributed by atoms with Crippen molar-refractivity contribution in [3.63, 3.8) is 0 Å². The largest absolute Gasteiger partial charge is 0.392 e. The minimum atomic E-state index is -3.40. The summed E-state index contributed by atoms with van der Waals surface area (Å²) in [5.74, 6) is 0.501. The SMILES string of the molecule is Cn1ccnc1CCNS(=O)(=O)CC(N)=S. The standard InChI is InChI=1S/C8H14N4O2S2/c1-12-5-4-10-8(12)2-3-11-16(13,14)6-7(9)15/h4-5,11H,2-3,6H2,1H3,(H2,9,15). The number of nitrogens with one attached hydrogen (secondary N) is 1. The average Bonchev–Trinajstić information content (AvgIpc) is 2.49. The lowest BCUT2D eigenvalue weighted by molar-refractivity contribution is 0.584. The van der Waals surface area contributed by atoms with E-state index in [4.69, 9.17) is 5.73 Å². The summed E-state index contributed by atoms with van der Waals surface area (Å²) in [4.78, 5) is 4.04. The Labute approximate surface area is 99.9 Å². The van der Waals surface area contributed by atoms with Crippen LogP contribution in [0.1, 0.15) is 5.82 Å². The summed E-state index contributed by atoms with van der Waals surface area (Å²) < 4.78 is 26.9. The summed E-state index contributed by atoms with van der Waals surface area (Å²) in [6, 6.07) is 0. The van der Waals surface area contributed by atoms with Gasteiger partial charge in [0.05, 0.1) is 4.99 Å². The lowest BCUT2D eigenvalue weighted by Gasteiger charge is -2.05. The molecule has 3 N–H and O–H groups in total. The molecule has 6 nitrogen and oxygen atoms in total. The summed E-state index contributed by atoms with van der Waals surface area (Å²) >= 11 is 4.54. The van der Waals surface area contributed by atoms with Gasteiger partial charge in [0.2, 0.25) is 10.0 Å². The molecule has 1 aromatic heterocycles. The highest BCUT2D eigenvalue weighted by Crippen LogP contribution is 1.95. The second-order valence-corrected chi connectivity index (χ2v) is 5.66. The van der Waals surface area contributed by atoms with Crippen molar-refractivity contribution in [1.29, 1.82) is 0 Å². The van der Waals surface area contributed by atoms with Crippen LogP contribution in [0.4, 0.5) is 0 Å². The lowest BCUT2D eigenvalue weighted by atomic mass is 10.4. The fourth-order valence-corrected chi connectivity index (χ4v) is 2.55. The number of aromatic nitrogens is 2. The van der Waals surface area contributed by atoms with Gasteiger partial charge in [0, 0.05) is 32.4 Å². The summed E-state index contributed by atoms with van der Waals surface area (Å²) in [6.07, 6.45) is 4.00. The van der Waals surface area contributed by atoms with E-state index in [-0.39, 0.29) is 17.3 Å². The smallest absolute Gasteiger partial charge is 0.218 e. The van der Waals surface area contributed by atoms with E-state index in [1.54, 1.807) is 12.4 Å². The lowest BCUT2D eigenvalue weighted by Crippen LogP contribution is -2.33. The molecule has 0 aliphatic heterocycles. The first kappa shape index (κ1) is 13.1. The third-order valence-corrected chi connectivity index (χ3v) is 3.59. The second kappa shape index (κ2) is 5.37. The molecule has 0 saturated carbocycles. The molecule has 0 atom stereocenters. The van der Waals surface area contributed by atoms with Crippen molar-refractivity contribution in [2.24, 2.45) is 12.8 Å². The van der Waals surface area contributed by atoms with Crippen molar-refractivity contribution in [2.45, 2.75) is 6.42 Å². The molecule has 1 heterocycles. The van der Waals surface area contributed by atoms with E-state index < -0.39 is 10.0 Å². The van der Waals surface area contributed by atoms with Crippen molar-refractivity contribution in [3.05, 3.63) is 18.2 Å². The van der Waals surface area contributed by atoms with Gasteiger partial charge in [-0.2, -0.15) is 0 Å². The molecular formula is C8H14N4O2S2. The fourth-order valence-electron chi connectivity index (χ4n) is 1.19. The topological polar surface area (TPSA) is 90.0 Å². The van der Waals surface area contributed by atoms with E-state index in [0.717, 1.165) is 5.82 Å². The van der Waals surface area contributed by atoms with E-state index in [0.29, 0.717) is 6.42 Å². The molecule has 0 amide bonds. The van der Waals surface area contributed by atoms with Gasteiger partial charge in [-0.05, 0) is 0 Å². The molecule has 0 radical (unpaired) electrons. The molecule has 0 aromatic carbocycles. The Morgan fingerprint density at radius 3 is 2.88 bits per heavy atom. The van der Waals surface area contributed by atoms with E-state index >= 15 is 0 Å². The molecule has 0 fully saturated rings. The Kier molecular flexibility index (Phi) is 4.39. The quantitative estimate of drug-likeness (QED) is 0.653. The molecule has 16 heavy (non-hydrogen) atoms. The van der Waals surface area contributed by atoms with Crippen LogP contribution in [0.15, 0.2) is 12.4 Å². The highest BCUT2D eigenvalue weighted by Gasteiger charge is 2.11. The van der Waals surface area contributed by atoms with Gasteiger partial charge in [-0.1, -0.05) is 12.2 Å². The number of imidazole rings is 1. The van der Waals surface area contributed by atoms with Crippen molar-refractivity contribution in [2.75, 3.05) is 12.3 Å². The van der Waals surface area contributed by atoms with Crippen LogP contribution in [0.2, 0.25) is 0 Å². The molecule has 0 spiro atoms. The number of nitrogens with zero attached hydrogens (tertiary/aromatic N) is 2. The van der Waals surface area contributed by atoms with Crippen molar-refractivity contribution in [1.82, 2.24) is 14.3 Å². The third-order valence-electron chi connectivity index (χ3n) is 1.92. The highest BCUT2D eigenvalue weighted by molar-refractivity contribution is 7.92. The molecule has 1 rings (SSSR count). The summed E-state index contributed by atoms with van der Waals surface area (Å²) in [5, 5.41) is 0. The summed E-state index contributed by atoms with van der Waals surface area (Å²) in [6.45, 7) is 0.288. The van der Waals surface area contributed by atoms with Gasteiger partial charge in [0.15, 0.2) is 0 Å². The average molecular weight is 262 g/mol. The van der Waals surface area contributed by atoms with Gasteiger partial charge in [-0.25, -0.2) is 18.1 Å². The number of aryl methyl sites for hydroxylation is 1. The number of hydrogen-bond donors (Lipinski definition) is 2. The normalized spacial score (nSPS) is 11.6. The Morgan fingerprint density at radius 2 is 2.38 bits per heavy atom. The molecule has 90 valence electrons. The number of hydrogen-bond acceptors (Lipinski definition) is 4. The molecule has 8 heteroatoms. The van der Waals surface area contributed by atoms with Crippen LogP contribution in [-0.2, 0) is 23.5 Å². The van der Waals surface area contributed by atoms with Gasteiger partial charge in [0.25, 0.3) is 0 Å². The van der Waals surface area contributed by atoms with E-state index in [9.17, 15) is 8.42 Å². The Bertz CT molecular complexity index is 466. The van der Waals surface area contributed by atoms with Crippen LogP contribution in [0.25, 0.3) is 0 Å². The number of nitrogens with two attached hydrogens (primary N) is 1. The minimum Gasteiger partial charge on any atom is -0.392 e. The predicted molar refractivity (Wildman–Crippen MR) is 65.5 cm³/mol. The Hall–Kier alpha value is -0.990. The van der Waals surface area contributed by atoms with Crippen LogP contribution in [0.3, 0.4) is 0 Å². The summed E-state index contributed by atoms with van der Waals surface area (Å²) in [5.41, 5.74) is 5.16. The zero-order valence-electron chi connectivity index (χ0n) is 8.88. The number of sulfonamides is 1. The molecule has 0 aliphatic rings. The van der Waals surface area contributed by atoms with Gasteiger partial charge in [0.1, 0.15) is 11.6 Å². The predicted octanol–water partition coefficient (Wildman–Crippen LogP) is -0.832. The highest BCUT2D eigenvalue weighted by atomic mass is 32.2. The molecule has 0 aliphatic carbocycles. The maximum Gasteiger partial charge on any atom is 0.218 e. The molecule has 0 bridgehead atoms. The summed E-state index contributed by atoms with van der Waals surface area (Å²) in [7, 11) is -1.55. The van der Waals surface area contributed by atoms with Crippen LogP contribution in [0, 0.1) is 0 Å². The van der Waals surface area contributed by atoms with Crippen molar-refractivity contribution in [3.8, 4) is 0 Å². The first-order chi connectivity index (χ1) is 7.41. The van der Waals surface area contributed by atoms with Crippen LogP contribution in [-0.4, -0.2) is 35.3 Å². The van der Waals surface area contributed by atoms with Crippen LogP contribution < -0.4 is 10.5 Å². The molecule has 0 saturated heterocycles. The van der Waals surface area contributed by atoms with E-state index in [1.165, 1.54) is 0 Å². The van der Waals surface area contributed by atoms with Gasteiger partial charge >= 0.3 is 0 Å². The first-order valence-corrected chi connectivity index (χ1v) is 6.68. The van der Waals surface area contributed by atoms with Crippen LogP contribution in [0.5, 0.6) is 0 Å². The monoisotopic (exact) mass is 262 g/mol. The molecule has 0 unspecified atom stereocenters. The van der Waals surface area contributed by atoms with Gasteiger partial charge in [-0.3, -0.25) is 0 Å². The Morgan fingerprint density at radius 1 is 1.69 bits per heavy atom. The van der Waals surface area contributed by atoms with Gasteiger partial charge < -0.3 is 10.3 Å². The van der Waals surface area contributed by atoms with Crippen molar-refractivity contribution >= 4 is 27.2 Å². The third kappa shape index (κ3) is 4.25. The zero-order chi connectivity index (χ0) is 12.2. The zero-order valence-corrected chi connectivity index (χ0v) is 10.5. The second-order valence-electron chi connectivity index (χ2n) is 3.32. The maximum atomic E-state index is 11.3. The van der Waals surface area contributed by atoms with E-state index in [1.807, 2.05) is 11.6 Å². The first-order valence-electron chi connectivity index (χ1n) is 4.62. The number of rotatable bonds is 6. The van der Waals surface area contributed by atoms with Gasteiger partial charge in [-0.15, -0.1) is 0 Å². The van der Waals surface area contributed by atoms with Crippen LogP contribution >= 0.6 is 12.2 Å². The van der Waals surface area contributed by atoms with Crippen molar-refractivity contribution < 1.29 is 8.42 Å². The molecule has 1 aromatic rings. The fraction of sp³-hybridized carbons (Fsp3) is 0.500. The Balaban J connectivity index is 2.42. The maximum absolute atomic E-state index is 11.3. The minimum absolute atomic E-state index is 0.0375. The number of thiocarbonyl (C=S) groups is 1. The van der Waals surface area contributed by atoms with E-state index in [2.05, 4.69) is 21.9 Å².